The molecule has 2 aliphatic rings. The van der Waals surface area contributed by atoms with Crippen molar-refractivity contribution >= 4 is 18.3 Å². The monoisotopic (exact) mass is 454 g/mol. The number of ether oxygens (including phenoxy) is 1. The largest absolute Gasteiger partial charge is 0.449 e. The molecule has 1 N–H and O–H groups in total. The van der Waals surface area contributed by atoms with Crippen LogP contribution in [0.15, 0.2) is 72.8 Å². The second-order valence-electron chi connectivity index (χ2n) is 8.85. The summed E-state index contributed by atoms with van der Waals surface area (Å²) in [6.45, 7) is 2.36. The van der Waals surface area contributed by atoms with Gasteiger partial charge in [-0.05, 0) is 40.3 Å². The molecule has 2 amide bonds. The highest BCUT2D eigenvalue weighted by molar-refractivity contribution is 5.98. The lowest BCUT2D eigenvalue weighted by Crippen LogP contribution is -2.63. The van der Waals surface area contributed by atoms with Gasteiger partial charge in [0.2, 0.25) is 6.41 Å². The van der Waals surface area contributed by atoms with Crippen molar-refractivity contribution < 1.29 is 19.1 Å². The molecule has 1 aliphatic heterocycles. The molecule has 0 spiro atoms. The Bertz CT molecular complexity index is 1190. The van der Waals surface area contributed by atoms with Gasteiger partial charge in [-0.25, -0.2) is 4.79 Å². The van der Waals surface area contributed by atoms with Gasteiger partial charge in [-0.15, -0.1) is 0 Å². The molecule has 0 bridgehead atoms. The highest BCUT2D eigenvalue weighted by Crippen LogP contribution is 2.44. The van der Waals surface area contributed by atoms with E-state index >= 15 is 0 Å². The Morgan fingerprint density at radius 3 is 2.15 bits per heavy atom. The van der Waals surface area contributed by atoms with Crippen LogP contribution < -0.4 is 5.32 Å². The highest BCUT2D eigenvalue weighted by Gasteiger charge is 2.43. The van der Waals surface area contributed by atoms with E-state index in [9.17, 15) is 14.4 Å². The summed E-state index contributed by atoms with van der Waals surface area (Å²) in [5.41, 5.74) is 6.65. The van der Waals surface area contributed by atoms with Crippen molar-refractivity contribution in [2.75, 3.05) is 6.61 Å². The average Bonchev–Trinajstić information content (AvgIpc) is 3.20. The summed E-state index contributed by atoms with van der Waals surface area (Å²) in [7, 11) is 0. The van der Waals surface area contributed by atoms with Gasteiger partial charge in [-0.2, -0.15) is 0 Å². The second kappa shape index (κ2) is 9.14. The third-order valence-electron chi connectivity index (χ3n) is 6.90. The van der Waals surface area contributed by atoms with E-state index in [1.54, 1.807) is 11.8 Å². The van der Waals surface area contributed by atoms with Crippen LogP contribution in [0, 0.1) is 0 Å². The molecule has 1 unspecified atom stereocenters. The number of fused-ring (bicyclic) bond motifs is 3. The fourth-order valence-electron chi connectivity index (χ4n) is 4.97. The van der Waals surface area contributed by atoms with Gasteiger partial charge in [-0.3, -0.25) is 9.59 Å². The van der Waals surface area contributed by atoms with Gasteiger partial charge in [0.25, 0.3) is 0 Å². The molecule has 3 aromatic carbocycles. The van der Waals surface area contributed by atoms with E-state index in [0.29, 0.717) is 13.0 Å². The molecule has 0 aromatic heterocycles. The van der Waals surface area contributed by atoms with E-state index in [1.165, 1.54) is 22.3 Å². The van der Waals surface area contributed by atoms with Crippen molar-refractivity contribution in [1.29, 1.82) is 0 Å². The zero-order chi connectivity index (χ0) is 23.7. The molecule has 6 nitrogen and oxygen atoms in total. The normalized spacial score (nSPS) is 18.6. The minimum absolute atomic E-state index is 0.0281. The number of carbonyl (C=O) groups is 3. The number of ketones is 1. The molecule has 6 heteroatoms. The van der Waals surface area contributed by atoms with Crippen molar-refractivity contribution in [3.63, 3.8) is 0 Å². The quantitative estimate of drug-likeness (QED) is 0.546. The lowest BCUT2D eigenvalue weighted by Gasteiger charge is -2.42. The maximum atomic E-state index is 12.4. The molecule has 1 saturated heterocycles. The van der Waals surface area contributed by atoms with Gasteiger partial charge in [0, 0.05) is 18.9 Å². The van der Waals surface area contributed by atoms with Crippen LogP contribution in [0.2, 0.25) is 0 Å². The van der Waals surface area contributed by atoms with E-state index in [2.05, 4.69) is 29.6 Å². The molecule has 1 heterocycles. The van der Waals surface area contributed by atoms with E-state index in [-0.39, 0.29) is 30.4 Å². The van der Waals surface area contributed by atoms with Crippen LogP contribution in [0.4, 0.5) is 4.79 Å². The first-order valence-electron chi connectivity index (χ1n) is 11.5. The first-order valence-corrected chi connectivity index (χ1v) is 11.5. The molecule has 5 rings (SSSR count). The minimum atomic E-state index is -0.457. The summed E-state index contributed by atoms with van der Waals surface area (Å²) in [6, 6.07) is 23.4. The molecule has 0 saturated carbocycles. The number of carbonyl (C=O) groups excluding carboxylic acids is 3. The third-order valence-corrected chi connectivity index (χ3v) is 6.90. The second-order valence-corrected chi connectivity index (χ2v) is 8.85. The molecule has 34 heavy (non-hydrogen) atoms. The number of likely N-dealkylation sites (tertiary alicyclic amines) is 1. The van der Waals surface area contributed by atoms with Crippen LogP contribution in [0.1, 0.15) is 35.1 Å². The van der Waals surface area contributed by atoms with Crippen LogP contribution in [0.5, 0.6) is 0 Å². The van der Waals surface area contributed by atoms with Crippen LogP contribution in [0.3, 0.4) is 0 Å². The number of nitrogens with zero attached hydrogens (tertiary/aromatic N) is 1. The summed E-state index contributed by atoms with van der Waals surface area (Å²) in [5.74, 6) is 0.119. The standard InChI is InChI=1S/C28H26N2O4/c1-18-27(32)26(30(18)17-31)14-19-10-12-20(13-11-19)15-29-28(33)34-16-25-23-8-4-2-6-21(23)22-7-3-5-9-24(22)25/h2-13,17-18,25-26H,14-16H2,1H3,(H,29,33)/t18?,26-/m0/s1. The first-order chi connectivity index (χ1) is 16.6. The number of amides is 2. The lowest BCUT2D eigenvalue weighted by molar-refractivity contribution is -0.151. The van der Waals surface area contributed by atoms with Crippen LogP contribution in [-0.4, -0.2) is 41.9 Å². The van der Waals surface area contributed by atoms with Gasteiger partial charge in [0.1, 0.15) is 6.61 Å². The van der Waals surface area contributed by atoms with E-state index in [4.69, 9.17) is 4.74 Å². The highest BCUT2D eigenvalue weighted by atomic mass is 16.5. The maximum Gasteiger partial charge on any atom is 0.407 e. The van der Waals surface area contributed by atoms with Crippen molar-refractivity contribution in [1.82, 2.24) is 10.2 Å². The number of benzene rings is 3. The topological polar surface area (TPSA) is 75.7 Å². The molecular formula is C28H26N2O4. The first kappa shape index (κ1) is 21.9. The fraction of sp³-hybridized carbons (Fsp3) is 0.250. The zero-order valence-corrected chi connectivity index (χ0v) is 18.9. The molecule has 172 valence electrons. The third kappa shape index (κ3) is 3.96. The maximum absolute atomic E-state index is 12.4. The van der Waals surface area contributed by atoms with Gasteiger partial charge in [-0.1, -0.05) is 72.8 Å². The SMILES string of the molecule is CC1C(=O)[C@H](Cc2ccc(CNC(=O)OCC3c4ccccc4-c4ccccc43)cc2)N1C=O. The van der Waals surface area contributed by atoms with Gasteiger partial charge < -0.3 is 15.0 Å². The van der Waals surface area contributed by atoms with E-state index < -0.39 is 6.09 Å². The number of hydrogen-bond acceptors (Lipinski definition) is 4. The number of nitrogens with one attached hydrogen (secondary N) is 1. The molecule has 1 fully saturated rings. The number of hydrogen-bond donors (Lipinski definition) is 1. The van der Waals surface area contributed by atoms with Gasteiger partial charge in [0.05, 0.1) is 12.1 Å². The number of alkyl carbamates (subject to hydrolysis) is 1. The molecule has 2 atom stereocenters. The van der Waals surface area contributed by atoms with Crippen LogP contribution in [0.25, 0.3) is 11.1 Å². The Balaban J connectivity index is 1.14. The van der Waals surface area contributed by atoms with Crippen molar-refractivity contribution in [3.8, 4) is 11.1 Å². The Kier molecular flexibility index (Phi) is 5.88. The number of Topliss-reactive ketones (excluding diaryl/α,β-unsaturated/α-hetero) is 1. The van der Waals surface area contributed by atoms with E-state index in [1.807, 2.05) is 48.5 Å². The van der Waals surface area contributed by atoms with Crippen LogP contribution in [-0.2, 0) is 27.3 Å². The van der Waals surface area contributed by atoms with Gasteiger partial charge in [0.15, 0.2) is 5.78 Å². The van der Waals surface area contributed by atoms with E-state index in [0.717, 1.165) is 17.5 Å². The van der Waals surface area contributed by atoms with Crippen molar-refractivity contribution in [2.45, 2.75) is 37.9 Å². The molecular weight excluding hydrogens is 428 g/mol. The van der Waals surface area contributed by atoms with Gasteiger partial charge >= 0.3 is 6.09 Å². The van der Waals surface area contributed by atoms with Crippen LogP contribution >= 0.6 is 0 Å². The Hall–Kier alpha value is -3.93. The molecule has 1 aliphatic carbocycles. The Labute approximate surface area is 198 Å². The fourth-order valence-corrected chi connectivity index (χ4v) is 4.97. The zero-order valence-electron chi connectivity index (χ0n) is 18.9. The summed E-state index contributed by atoms with van der Waals surface area (Å²) in [5, 5.41) is 2.81. The summed E-state index contributed by atoms with van der Waals surface area (Å²) in [6.07, 6.45) is 0.785. The van der Waals surface area contributed by atoms with Crippen molar-refractivity contribution in [3.05, 3.63) is 95.1 Å². The summed E-state index contributed by atoms with van der Waals surface area (Å²) in [4.78, 5) is 37.1. The predicted octanol–water partition coefficient (Wildman–Crippen LogP) is 4.07. The average molecular weight is 455 g/mol. The van der Waals surface area contributed by atoms with Crippen molar-refractivity contribution in [2.24, 2.45) is 0 Å². The predicted molar refractivity (Wildman–Crippen MR) is 128 cm³/mol. The summed E-state index contributed by atoms with van der Waals surface area (Å²) >= 11 is 0. The lowest BCUT2D eigenvalue weighted by atomic mass is 9.88. The Morgan fingerprint density at radius 1 is 0.941 bits per heavy atom. The molecule has 3 aromatic rings. The Morgan fingerprint density at radius 2 is 1.53 bits per heavy atom. The summed E-state index contributed by atoms with van der Waals surface area (Å²) < 4.78 is 5.58. The number of rotatable bonds is 7. The smallest absolute Gasteiger partial charge is 0.407 e. The molecule has 0 radical (unpaired) electrons. The minimum Gasteiger partial charge on any atom is -0.449 e.